The van der Waals surface area contributed by atoms with Crippen LogP contribution in [0.15, 0.2) is 48.5 Å². The summed E-state index contributed by atoms with van der Waals surface area (Å²) in [5, 5.41) is 0. The van der Waals surface area contributed by atoms with Gasteiger partial charge in [-0.25, -0.2) is 4.39 Å². The summed E-state index contributed by atoms with van der Waals surface area (Å²) >= 11 is 2.29. The zero-order valence-electron chi connectivity index (χ0n) is 10.4. The molecule has 1 unspecified atom stereocenters. The average Bonchev–Trinajstić information content (AvgIpc) is 2.43. The molecule has 3 N–H and O–H groups in total. The molecule has 0 bridgehead atoms. The Hall–Kier alpha value is -0.980. The predicted molar refractivity (Wildman–Crippen MR) is 84.1 cm³/mol. The summed E-state index contributed by atoms with van der Waals surface area (Å²) < 4.78 is 14.1. The van der Waals surface area contributed by atoms with Gasteiger partial charge in [-0.3, -0.25) is 11.3 Å². The van der Waals surface area contributed by atoms with E-state index >= 15 is 0 Å². The van der Waals surface area contributed by atoms with Crippen molar-refractivity contribution in [3.63, 3.8) is 0 Å². The largest absolute Gasteiger partial charge is 0.271 e. The highest BCUT2D eigenvalue weighted by molar-refractivity contribution is 14.1. The van der Waals surface area contributed by atoms with Crippen LogP contribution in [0.25, 0.3) is 0 Å². The molecule has 0 aromatic heterocycles. The van der Waals surface area contributed by atoms with Crippen molar-refractivity contribution in [1.29, 1.82) is 0 Å². The Bertz CT molecular complexity index is 463. The van der Waals surface area contributed by atoms with Crippen molar-refractivity contribution >= 4 is 22.6 Å². The van der Waals surface area contributed by atoms with Gasteiger partial charge in [0.15, 0.2) is 0 Å². The lowest BCUT2D eigenvalue weighted by atomic mass is 9.99. The molecule has 0 aliphatic carbocycles. The van der Waals surface area contributed by atoms with Gasteiger partial charge in [-0.05, 0) is 70.8 Å². The molecular weight excluding hydrogens is 354 g/mol. The highest BCUT2D eigenvalue weighted by Gasteiger charge is 2.09. The van der Waals surface area contributed by atoms with Gasteiger partial charge in [-0.15, -0.1) is 0 Å². The maximum absolute atomic E-state index is 12.8. The Morgan fingerprint density at radius 3 is 1.89 bits per heavy atom. The Morgan fingerprint density at radius 1 is 0.947 bits per heavy atom. The van der Waals surface area contributed by atoms with Crippen molar-refractivity contribution in [2.24, 2.45) is 5.84 Å². The number of nitrogens with one attached hydrogen (secondary N) is 1. The summed E-state index contributed by atoms with van der Waals surface area (Å²) in [6.07, 6.45) is 1.63. The Labute approximate surface area is 126 Å². The van der Waals surface area contributed by atoms with E-state index in [1.165, 1.54) is 21.3 Å². The normalized spacial score (nSPS) is 12.4. The molecule has 0 aliphatic heterocycles. The molecule has 100 valence electrons. The van der Waals surface area contributed by atoms with Crippen LogP contribution in [0.2, 0.25) is 0 Å². The number of hydrazine groups is 1. The average molecular weight is 370 g/mol. The lowest BCUT2D eigenvalue weighted by Gasteiger charge is -2.16. The van der Waals surface area contributed by atoms with Gasteiger partial charge in [0.2, 0.25) is 0 Å². The van der Waals surface area contributed by atoms with E-state index in [0.717, 1.165) is 18.4 Å². The SMILES string of the molecule is NNC(Cc1ccc(F)cc1)Cc1ccc(I)cc1. The number of halogens is 2. The number of benzene rings is 2. The van der Waals surface area contributed by atoms with Crippen LogP contribution < -0.4 is 11.3 Å². The maximum Gasteiger partial charge on any atom is 0.123 e. The molecule has 0 heterocycles. The van der Waals surface area contributed by atoms with E-state index in [1.807, 2.05) is 0 Å². The highest BCUT2D eigenvalue weighted by atomic mass is 127. The zero-order valence-corrected chi connectivity index (χ0v) is 12.6. The topological polar surface area (TPSA) is 38.0 Å². The van der Waals surface area contributed by atoms with Crippen LogP contribution in [0.4, 0.5) is 4.39 Å². The molecule has 19 heavy (non-hydrogen) atoms. The molecule has 0 saturated carbocycles. The second-order valence-corrected chi connectivity index (χ2v) is 5.77. The number of hydrogen-bond acceptors (Lipinski definition) is 2. The van der Waals surface area contributed by atoms with E-state index in [1.54, 1.807) is 12.1 Å². The predicted octanol–water partition coefficient (Wildman–Crippen LogP) is 3.05. The highest BCUT2D eigenvalue weighted by Crippen LogP contribution is 2.12. The van der Waals surface area contributed by atoms with Crippen molar-refractivity contribution in [2.75, 3.05) is 0 Å². The molecule has 2 nitrogen and oxygen atoms in total. The molecule has 2 rings (SSSR count). The van der Waals surface area contributed by atoms with Gasteiger partial charge in [-0.1, -0.05) is 24.3 Å². The molecule has 0 aliphatic rings. The van der Waals surface area contributed by atoms with Gasteiger partial charge in [0.1, 0.15) is 5.82 Å². The summed E-state index contributed by atoms with van der Waals surface area (Å²) in [5.74, 6) is 5.39. The maximum atomic E-state index is 12.8. The molecule has 0 radical (unpaired) electrons. The first-order chi connectivity index (χ1) is 9.17. The molecule has 1 atom stereocenters. The molecule has 0 amide bonds. The summed E-state index contributed by atoms with van der Waals surface area (Å²) in [5.41, 5.74) is 5.15. The lowest BCUT2D eigenvalue weighted by molar-refractivity contribution is 0.522. The molecule has 0 fully saturated rings. The lowest BCUT2D eigenvalue weighted by Crippen LogP contribution is -2.38. The van der Waals surface area contributed by atoms with E-state index in [-0.39, 0.29) is 11.9 Å². The van der Waals surface area contributed by atoms with Crippen molar-refractivity contribution in [3.8, 4) is 0 Å². The van der Waals surface area contributed by atoms with Gasteiger partial charge in [0.05, 0.1) is 0 Å². The second kappa shape index (κ2) is 6.98. The Morgan fingerprint density at radius 2 is 1.42 bits per heavy atom. The Kier molecular flexibility index (Phi) is 5.30. The van der Waals surface area contributed by atoms with Crippen LogP contribution in [0.1, 0.15) is 11.1 Å². The molecule has 0 saturated heterocycles. The minimum Gasteiger partial charge on any atom is -0.271 e. The fourth-order valence-electron chi connectivity index (χ4n) is 2.00. The molecule has 0 spiro atoms. The van der Waals surface area contributed by atoms with E-state index in [2.05, 4.69) is 52.3 Å². The van der Waals surface area contributed by atoms with Crippen LogP contribution >= 0.6 is 22.6 Å². The van der Waals surface area contributed by atoms with Crippen LogP contribution in [0, 0.1) is 9.39 Å². The fraction of sp³-hybridized carbons (Fsp3) is 0.200. The van der Waals surface area contributed by atoms with Gasteiger partial charge in [0, 0.05) is 9.61 Å². The Balaban J connectivity index is 2.00. The minimum atomic E-state index is -0.210. The summed E-state index contributed by atoms with van der Waals surface area (Å²) in [7, 11) is 0. The van der Waals surface area contributed by atoms with Crippen LogP contribution in [-0.4, -0.2) is 6.04 Å². The first kappa shape index (κ1) is 14.4. The molecule has 2 aromatic carbocycles. The number of nitrogens with two attached hydrogens (primary N) is 1. The summed E-state index contributed by atoms with van der Waals surface area (Å²) in [6.45, 7) is 0. The number of rotatable bonds is 5. The third-order valence-corrected chi connectivity index (χ3v) is 3.75. The minimum absolute atomic E-state index is 0.144. The van der Waals surface area contributed by atoms with Crippen molar-refractivity contribution in [1.82, 2.24) is 5.43 Å². The van der Waals surface area contributed by atoms with Crippen molar-refractivity contribution in [2.45, 2.75) is 18.9 Å². The van der Waals surface area contributed by atoms with Crippen LogP contribution in [0.3, 0.4) is 0 Å². The molecular formula is C15H16FIN2. The number of hydrogen-bond donors (Lipinski definition) is 2. The third kappa shape index (κ3) is 4.56. The van der Waals surface area contributed by atoms with Crippen LogP contribution in [0.5, 0.6) is 0 Å². The van der Waals surface area contributed by atoms with Gasteiger partial charge >= 0.3 is 0 Å². The first-order valence-corrected chi connectivity index (χ1v) is 7.20. The smallest absolute Gasteiger partial charge is 0.123 e. The van der Waals surface area contributed by atoms with Gasteiger partial charge in [0.25, 0.3) is 0 Å². The van der Waals surface area contributed by atoms with Gasteiger partial charge < -0.3 is 0 Å². The van der Waals surface area contributed by atoms with E-state index in [0.29, 0.717) is 0 Å². The van der Waals surface area contributed by atoms with Crippen molar-refractivity contribution in [3.05, 3.63) is 69.0 Å². The van der Waals surface area contributed by atoms with Crippen molar-refractivity contribution < 1.29 is 4.39 Å². The standard InChI is InChI=1S/C15H16FIN2/c16-13-5-1-11(2-6-13)9-15(19-18)10-12-3-7-14(17)8-4-12/h1-8,15,19H,9-10,18H2. The van der Waals surface area contributed by atoms with E-state index in [9.17, 15) is 4.39 Å². The monoisotopic (exact) mass is 370 g/mol. The van der Waals surface area contributed by atoms with Gasteiger partial charge in [-0.2, -0.15) is 0 Å². The zero-order chi connectivity index (χ0) is 13.7. The third-order valence-electron chi connectivity index (χ3n) is 3.03. The first-order valence-electron chi connectivity index (χ1n) is 6.12. The fourth-order valence-corrected chi connectivity index (χ4v) is 2.36. The van der Waals surface area contributed by atoms with Crippen LogP contribution in [-0.2, 0) is 12.8 Å². The van der Waals surface area contributed by atoms with E-state index in [4.69, 9.17) is 5.84 Å². The summed E-state index contributed by atoms with van der Waals surface area (Å²) in [4.78, 5) is 0. The summed E-state index contributed by atoms with van der Waals surface area (Å²) in [6, 6.07) is 15.1. The second-order valence-electron chi connectivity index (χ2n) is 4.52. The molecule has 4 heteroatoms. The van der Waals surface area contributed by atoms with E-state index < -0.39 is 0 Å². The quantitative estimate of drug-likeness (QED) is 0.483. The molecule has 2 aromatic rings.